The van der Waals surface area contributed by atoms with Crippen molar-refractivity contribution in [3.05, 3.63) is 97.4 Å². The van der Waals surface area contributed by atoms with Gasteiger partial charge in [-0.2, -0.15) is 0 Å². The van der Waals surface area contributed by atoms with E-state index in [1.807, 2.05) is 12.1 Å². The minimum absolute atomic E-state index is 1.05. The first kappa shape index (κ1) is 17.4. The van der Waals surface area contributed by atoms with Gasteiger partial charge >= 0.3 is 0 Å². The van der Waals surface area contributed by atoms with E-state index in [0.29, 0.717) is 0 Å². The van der Waals surface area contributed by atoms with Crippen molar-refractivity contribution in [1.29, 1.82) is 0 Å². The Morgan fingerprint density at radius 1 is 0.577 bits per heavy atom. The predicted molar refractivity (Wildman–Crippen MR) is 104 cm³/mol. The highest BCUT2D eigenvalue weighted by Gasteiger charge is 1.91. The lowest BCUT2D eigenvalue weighted by molar-refractivity contribution is 0.572. The average Bonchev–Trinajstić information content (AvgIpc) is 3.34. The predicted octanol–water partition coefficient (Wildman–Crippen LogP) is 5.96. The molecule has 0 spiro atoms. The molecule has 4 nitrogen and oxygen atoms in total. The van der Waals surface area contributed by atoms with Crippen LogP contribution in [0.1, 0.15) is 11.1 Å². The normalized spacial score (nSPS) is 9.92. The quantitative estimate of drug-likeness (QED) is 0.348. The first-order valence-corrected chi connectivity index (χ1v) is 8.28. The number of aryl methyl sites for hydroxylation is 2. The van der Waals surface area contributed by atoms with Gasteiger partial charge in [0.25, 0.3) is 0 Å². The van der Waals surface area contributed by atoms with Crippen LogP contribution in [0.5, 0.6) is 0 Å². The SMILES string of the molecule is Cc1ccccc1C.c1cc2cocc2cn1.c1cc2cocc2cn1. The maximum Gasteiger partial charge on any atom is 0.0996 e. The molecule has 1 aromatic carbocycles. The second kappa shape index (κ2) is 8.62. The molecule has 0 aliphatic rings. The summed E-state index contributed by atoms with van der Waals surface area (Å²) in [5.74, 6) is 0. The largest absolute Gasteiger partial charge is 0.471 e. The monoisotopic (exact) mass is 344 g/mol. The van der Waals surface area contributed by atoms with Crippen LogP contribution in [0.25, 0.3) is 21.5 Å². The molecule has 0 aliphatic carbocycles. The Labute approximate surface area is 152 Å². The van der Waals surface area contributed by atoms with Gasteiger partial charge in [0.05, 0.1) is 25.1 Å². The molecule has 0 saturated carbocycles. The van der Waals surface area contributed by atoms with Gasteiger partial charge in [0.15, 0.2) is 0 Å². The summed E-state index contributed by atoms with van der Waals surface area (Å²) in [6.07, 6.45) is 13.8. The molecule has 0 saturated heterocycles. The van der Waals surface area contributed by atoms with Gasteiger partial charge in [0, 0.05) is 46.3 Å². The van der Waals surface area contributed by atoms with Crippen LogP contribution in [0.3, 0.4) is 0 Å². The molecule has 130 valence electrons. The highest BCUT2D eigenvalue weighted by Crippen LogP contribution is 2.12. The molecule has 26 heavy (non-hydrogen) atoms. The van der Waals surface area contributed by atoms with E-state index in [4.69, 9.17) is 8.83 Å². The van der Waals surface area contributed by atoms with Crippen molar-refractivity contribution in [3.8, 4) is 0 Å². The fourth-order valence-electron chi connectivity index (χ4n) is 2.27. The first-order chi connectivity index (χ1) is 12.7. The van der Waals surface area contributed by atoms with Crippen molar-refractivity contribution in [2.75, 3.05) is 0 Å². The minimum atomic E-state index is 1.05. The number of hydrogen-bond acceptors (Lipinski definition) is 4. The van der Waals surface area contributed by atoms with E-state index >= 15 is 0 Å². The number of hydrogen-bond donors (Lipinski definition) is 0. The number of pyridine rings is 2. The molecule has 0 atom stereocenters. The van der Waals surface area contributed by atoms with E-state index < -0.39 is 0 Å². The topological polar surface area (TPSA) is 52.1 Å². The number of furan rings is 2. The number of fused-ring (bicyclic) bond motifs is 2. The lowest BCUT2D eigenvalue weighted by Gasteiger charge is -1.93. The third-order valence-electron chi connectivity index (χ3n) is 3.98. The zero-order valence-corrected chi connectivity index (χ0v) is 14.8. The molecule has 4 heteroatoms. The molecule has 0 bridgehead atoms. The second-order valence-corrected chi connectivity index (χ2v) is 5.84. The zero-order valence-electron chi connectivity index (χ0n) is 14.8. The van der Waals surface area contributed by atoms with Crippen LogP contribution in [0.2, 0.25) is 0 Å². The van der Waals surface area contributed by atoms with Crippen molar-refractivity contribution in [2.45, 2.75) is 13.8 Å². The van der Waals surface area contributed by atoms with Crippen LogP contribution in [0, 0.1) is 13.8 Å². The Morgan fingerprint density at radius 2 is 1.00 bits per heavy atom. The van der Waals surface area contributed by atoms with Gasteiger partial charge in [-0.15, -0.1) is 0 Å². The molecule has 4 heterocycles. The third-order valence-corrected chi connectivity index (χ3v) is 3.98. The smallest absolute Gasteiger partial charge is 0.0996 e. The Balaban J connectivity index is 0.000000113. The third kappa shape index (κ3) is 4.57. The van der Waals surface area contributed by atoms with Gasteiger partial charge in [0.1, 0.15) is 0 Å². The Hall–Kier alpha value is -3.40. The van der Waals surface area contributed by atoms with Gasteiger partial charge in [-0.25, -0.2) is 0 Å². The van der Waals surface area contributed by atoms with Crippen LogP contribution in [0.15, 0.2) is 95.1 Å². The molecule has 0 aliphatic heterocycles. The van der Waals surface area contributed by atoms with Gasteiger partial charge in [-0.05, 0) is 37.1 Å². The van der Waals surface area contributed by atoms with Crippen LogP contribution in [-0.2, 0) is 0 Å². The van der Waals surface area contributed by atoms with E-state index in [1.165, 1.54) is 11.1 Å². The van der Waals surface area contributed by atoms with Crippen molar-refractivity contribution < 1.29 is 8.83 Å². The molecule has 0 amide bonds. The highest BCUT2D eigenvalue weighted by molar-refractivity contribution is 5.80. The molecular weight excluding hydrogens is 324 g/mol. The maximum atomic E-state index is 4.92. The maximum absolute atomic E-state index is 4.92. The van der Waals surface area contributed by atoms with Crippen molar-refractivity contribution in [1.82, 2.24) is 9.97 Å². The van der Waals surface area contributed by atoms with E-state index in [9.17, 15) is 0 Å². The Kier molecular flexibility index (Phi) is 5.78. The fraction of sp³-hybridized carbons (Fsp3) is 0.0909. The highest BCUT2D eigenvalue weighted by atomic mass is 16.3. The molecule has 0 radical (unpaired) electrons. The lowest BCUT2D eigenvalue weighted by Crippen LogP contribution is -1.74. The van der Waals surface area contributed by atoms with Crippen LogP contribution in [0.4, 0.5) is 0 Å². The summed E-state index contributed by atoms with van der Waals surface area (Å²) in [6, 6.07) is 12.2. The van der Waals surface area contributed by atoms with Crippen LogP contribution in [-0.4, -0.2) is 9.97 Å². The van der Waals surface area contributed by atoms with Crippen molar-refractivity contribution >= 4 is 21.5 Å². The molecule has 5 aromatic rings. The number of benzene rings is 1. The fourth-order valence-corrected chi connectivity index (χ4v) is 2.27. The summed E-state index contributed by atoms with van der Waals surface area (Å²) in [6.45, 7) is 4.24. The van der Waals surface area contributed by atoms with Crippen LogP contribution >= 0.6 is 0 Å². The summed E-state index contributed by atoms with van der Waals surface area (Å²) < 4.78 is 9.85. The second-order valence-electron chi connectivity index (χ2n) is 5.84. The number of aromatic nitrogens is 2. The summed E-state index contributed by atoms with van der Waals surface area (Å²) in [5, 5.41) is 4.31. The number of rotatable bonds is 0. The molecule has 5 rings (SSSR count). The Bertz CT molecular complexity index is 932. The minimum Gasteiger partial charge on any atom is -0.471 e. The van der Waals surface area contributed by atoms with Gasteiger partial charge in [0.2, 0.25) is 0 Å². The zero-order chi connectivity index (χ0) is 18.2. The van der Waals surface area contributed by atoms with E-state index in [1.54, 1.807) is 49.8 Å². The molecule has 0 N–H and O–H groups in total. The number of nitrogens with zero attached hydrogens (tertiary/aromatic N) is 2. The van der Waals surface area contributed by atoms with Crippen molar-refractivity contribution in [3.63, 3.8) is 0 Å². The standard InChI is InChI=1S/C8H10.2C7H5NO/c1-7-5-3-4-6-8(7)2;2*1-2-8-3-7-5-9-4-6(1)7/h3-6H,1-2H3;2*1-5H. The summed E-state index contributed by atoms with van der Waals surface area (Å²) in [5.41, 5.74) is 2.74. The average molecular weight is 344 g/mol. The van der Waals surface area contributed by atoms with Gasteiger partial charge < -0.3 is 8.83 Å². The summed E-state index contributed by atoms with van der Waals surface area (Å²) in [7, 11) is 0. The van der Waals surface area contributed by atoms with E-state index in [-0.39, 0.29) is 0 Å². The van der Waals surface area contributed by atoms with Gasteiger partial charge in [-0.3, -0.25) is 9.97 Å². The molecule has 0 fully saturated rings. The van der Waals surface area contributed by atoms with E-state index in [0.717, 1.165) is 21.5 Å². The van der Waals surface area contributed by atoms with Gasteiger partial charge in [-0.1, -0.05) is 24.3 Å². The summed E-state index contributed by atoms with van der Waals surface area (Å²) in [4.78, 5) is 7.85. The first-order valence-electron chi connectivity index (χ1n) is 8.28. The molecular formula is C22H20N2O2. The molecule has 4 aromatic heterocycles. The van der Waals surface area contributed by atoms with E-state index in [2.05, 4.69) is 48.1 Å². The summed E-state index contributed by atoms with van der Waals surface area (Å²) >= 11 is 0. The van der Waals surface area contributed by atoms with Crippen molar-refractivity contribution in [2.24, 2.45) is 0 Å². The van der Waals surface area contributed by atoms with Crippen LogP contribution < -0.4 is 0 Å². The molecule has 0 unspecified atom stereocenters. The Morgan fingerprint density at radius 3 is 1.38 bits per heavy atom. The lowest BCUT2D eigenvalue weighted by atomic mass is 10.1.